The van der Waals surface area contributed by atoms with Gasteiger partial charge in [0.1, 0.15) is 5.82 Å². The first-order chi connectivity index (χ1) is 16.8. The van der Waals surface area contributed by atoms with E-state index in [0.717, 1.165) is 28.6 Å². The molecule has 9 heteroatoms. The maximum Gasteiger partial charge on any atom is 0.254 e. The van der Waals surface area contributed by atoms with Crippen LogP contribution in [0.25, 0.3) is 22.2 Å². The van der Waals surface area contributed by atoms with E-state index < -0.39 is 15.8 Å². The molecule has 0 aliphatic carbocycles. The monoisotopic (exact) mass is 490 g/mol. The fourth-order valence-corrected chi connectivity index (χ4v) is 5.67. The Morgan fingerprint density at radius 2 is 1.60 bits per heavy atom. The third-order valence-corrected chi connectivity index (χ3v) is 8.06. The molecule has 1 aliphatic heterocycles. The van der Waals surface area contributed by atoms with Crippen LogP contribution in [0.4, 0.5) is 4.39 Å². The standard InChI is InChI=1S/C26H23FN4O3S/c1-18-2-7-24-22(16-18)23(17-25(29-24)19-8-10-28-11-9-19)26(32)30-12-14-31(15-13-30)35(33,34)21-5-3-20(27)4-6-21/h2-11,16-17H,12-15H2,1H3. The lowest BCUT2D eigenvalue weighted by atomic mass is 10.0. The van der Waals surface area contributed by atoms with Crippen LogP contribution in [0.1, 0.15) is 15.9 Å². The molecule has 5 rings (SSSR count). The fraction of sp³-hybridized carbons (Fsp3) is 0.192. The molecule has 7 nitrogen and oxygen atoms in total. The lowest BCUT2D eigenvalue weighted by molar-refractivity contribution is 0.0700. The topological polar surface area (TPSA) is 83.5 Å². The van der Waals surface area contributed by atoms with Crippen molar-refractivity contribution in [3.05, 3.63) is 90.0 Å². The van der Waals surface area contributed by atoms with E-state index in [1.54, 1.807) is 23.4 Å². The lowest BCUT2D eigenvalue weighted by Gasteiger charge is -2.34. The molecule has 0 spiro atoms. The number of aryl methyl sites for hydroxylation is 1. The summed E-state index contributed by atoms with van der Waals surface area (Å²) in [6.07, 6.45) is 3.36. The van der Waals surface area contributed by atoms with Crippen molar-refractivity contribution in [1.29, 1.82) is 0 Å². The van der Waals surface area contributed by atoms with Gasteiger partial charge in [-0.3, -0.25) is 9.78 Å². The Hall–Kier alpha value is -3.69. The van der Waals surface area contributed by atoms with E-state index in [2.05, 4.69) is 4.98 Å². The Kier molecular flexibility index (Phi) is 6.04. The van der Waals surface area contributed by atoms with Crippen molar-refractivity contribution in [2.24, 2.45) is 0 Å². The van der Waals surface area contributed by atoms with E-state index in [9.17, 15) is 17.6 Å². The van der Waals surface area contributed by atoms with E-state index in [1.807, 2.05) is 37.3 Å². The van der Waals surface area contributed by atoms with Crippen LogP contribution in [0, 0.1) is 12.7 Å². The zero-order valence-electron chi connectivity index (χ0n) is 19.1. The van der Waals surface area contributed by atoms with Gasteiger partial charge in [0.15, 0.2) is 0 Å². The molecule has 3 heterocycles. The van der Waals surface area contributed by atoms with E-state index in [4.69, 9.17) is 4.98 Å². The number of carbonyl (C=O) groups excluding carboxylic acids is 1. The largest absolute Gasteiger partial charge is 0.336 e. The number of piperazine rings is 1. The quantitative estimate of drug-likeness (QED) is 0.433. The zero-order chi connectivity index (χ0) is 24.6. The number of sulfonamides is 1. The van der Waals surface area contributed by atoms with Gasteiger partial charge >= 0.3 is 0 Å². The molecule has 0 unspecified atom stereocenters. The van der Waals surface area contributed by atoms with Gasteiger partial charge in [-0.15, -0.1) is 0 Å². The van der Waals surface area contributed by atoms with Gasteiger partial charge in [-0.2, -0.15) is 4.31 Å². The highest BCUT2D eigenvalue weighted by molar-refractivity contribution is 7.89. The van der Waals surface area contributed by atoms with Crippen LogP contribution < -0.4 is 0 Å². The number of hydrogen-bond donors (Lipinski definition) is 0. The normalized spacial score (nSPS) is 14.9. The van der Waals surface area contributed by atoms with Crippen LogP contribution in [0.2, 0.25) is 0 Å². The molecular formula is C26H23FN4O3S. The van der Waals surface area contributed by atoms with Gasteiger partial charge in [0.05, 0.1) is 21.7 Å². The van der Waals surface area contributed by atoms with E-state index in [0.29, 0.717) is 16.8 Å². The number of hydrogen-bond acceptors (Lipinski definition) is 5. The zero-order valence-corrected chi connectivity index (χ0v) is 19.9. The summed E-state index contributed by atoms with van der Waals surface area (Å²) in [5, 5.41) is 0.758. The van der Waals surface area contributed by atoms with Crippen LogP contribution in [0.3, 0.4) is 0 Å². The second kappa shape index (κ2) is 9.16. The molecule has 1 aliphatic rings. The number of amides is 1. The number of pyridine rings is 2. The van der Waals surface area contributed by atoms with Crippen molar-refractivity contribution in [3.63, 3.8) is 0 Å². The summed E-state index contributed by atoms with van der Waals surface area (Å²) in [6, 6.07) is 16.1. The summed E-state index contributed by atoms with van der Waals surface area (Å²) in [5.41, 5.74) is 3.78. The first-order valence-corrected chi connectivity index (χ1v) is 12.6. The maximum absolute atomic E-state index is 13.6. The number of halogens is 1. The molecule has 1 fully saturated rings. The highest BCUT2D eigenvalue weighted by Crippen LogP contribution is 2.27. The third-order valence-electron chi connectivity index (χ3n) is 6.15. The minimum atomic E-state index is -3.76. The van der Waals surface area contributed by atoms with Crippen molar-refractivity contribution >= 4 is 26.8 Å². The van der Waals surface area contributed by atoms with Crippen molar-refractivity contribution in [1.82, 2.24) is 19.2 Å². The Morgan fingerprint density at radius 3 is 2.29 bits per heavy atom. The molecule has 0 bridgehead atoms. The molecule has 2 aromatic carbocycles. The molecule has 1 amide bonds. The second-order valence-electron chi connectivity index (χ2n) is 8.46. The predicted molar refractivity (Wildman–Crippen MR) is 131 cm³/mol. The van der Waals surface area contributed by atoms with E-state index in [1.165, 1.54) is 16.4 Å². The SMILES string of the molecule is Cc1ccc2nc(-c3ccncc3)cc(C(=O)N3CCN(S(=O)(=O)c4ccc(F)cc4)CC3)c2c1. The average molecular weight is 491 g/mol. The molecule has 35 heavy (non-hydrogen) atoms. The van der Waals surface area contributed by atoms with Gasteiger partial charge in [-0.25, -0.2) is 17.8 Å². The summed E-state index contributed by atoms with van der Waals surface area (Å²) in [5.74, 6) is -0.664. The average Bonchev–Trinajstić information content (AvgIpc) is 2.88. The minimum absolute atomic E-state index is 0.0382. The van der Waals surface area contributed by atoms with Gasteiger partial charge in [-0.05, 0) is 61.5 Å². The highest BCUT2D eigenvalue weighted by atomic mass is 32.2. The van der Waals surface area contributed by atoms with Crippen LogP contribution >= 0.6 is 0 Å². The lowest BCUT2D eigenvalue weighted by Crippen LogP contribution is -2.50. The van der Waals surface area contributed by atoms with Gasteiger partial charge in [0.2, 0.25) is 10.0 Å². The summed E-state index contributed by atoms with van der Waals surface area (Å²) in [6.45, 7) is 2.78. The third kappa shape index (κ3) is 4.52. The molecular weight excluding hydrogens is 467 g/mol. The van der Waals surface area contributed by atoms with Gasteiger partial charge in [0, 0.05) is 49.5 Å². The number of carbonyl (C=O) groups is 1. The predicted octanol–water partition coefficient (Wildman–Crippen LogP) is 3.89. The van der Waals surface area contributed by atoms with Crippen LogP contribution in [0.5, 0.6) is 0 Å². The Bertz CT molecular complexity index is 1500. The van der Waals surface area contributed by atoms with Crippen LogP contribution in [-0.4, -0.2) is 59.7 Å². The van der Waals surface area contributed by atoms with Crippen molar-refractivity contribution in [2.75, 3.05) is 26.2 Å². The number of rotatable bonds is 4. The number of fused-ring (bicyclic) bond motifs is 1. The summed E-state index contributed by atoms with van der Waals surface area (Å²) in [7, 11) is -3.76. The molecule has 1 saturated heterocycles. The second-order valence-corrected chi connectivity index (χ2v) is 10.4. The highest BCUT2D eigenvalue weighted by Gasteiger charge is 2.31. The molecule has 4 aromatic rings. The molecule has 0 saturated carbocycles. The Balaban J connectivity index is 1.43. The molecule has 0 N–H and O–H groups in total. The molecule has 0 radical (unpaired) electrons. The van der Waals surface area contributed by atoms with Gasteiger partial charge in [-0.1, -0.05) is 11.6 Å². The molecule has 0 atom stereocenters. The maximum atomic E-state index is 13.6. The summed E-state index contributed by atoms with van der Waals surface area (Å²) < 4.78 is 40.5. The fourth-order valence-electron chi connectivity index (χ4n) is 4.24. The van der Waals surface area contributed by atoms with Crippen LogP contribution in [0.15, 0.2) is 78.0 Å². The summed E-state index contributed by atoms with van der Waals surface area (Å²) in [4.78, 5) is 24.2. The smallest absolute Gasteiger partial charge is 0.254 e. The van der Waals surface area contributed by atoms with Crippen LogP contribution in [-0.2, 0) is 10.0 Å². The minimum Gasteiger partial charge on any atom is -0.336 e. The van der Waals surface area contributed by atoms with E-state index >= 15 is 0 Å². The van der Waals surface area contributed by atoms with Crippen molar-refractivity contribution in [2.45, 2.75) is 11.8 Å². The first kappa shape index (κ1) is 23.1. The Morgan fingerprint density at radius 1 is 0.914 bits per heavy atom. The van der Waals surface area contributed by atoms with Crippen molar-refractivity contribution < 1.29 is 17.6 Å². The molecule has 2 aromatic heterocycles. The first-order valence-electron chi connectivity index (χ1n) is 11.2. The van der Waals surface area contributed by atoms with Gasteiger partial charge in [0.25, 0.3) is 5.91 Å². The number of nitrogens with zero attached hydrogens (tertiary/aromatic N) is 4. The number of benzene rings is 2. The summed E-state index contributed by atoms with van der Waals surface area (Å²) >= 11 is 0. The number of aromatic nitrogens is 2. The van der Waals surface area contributed by atoms with Gasteiger partial charge < -0.3 is 4.90 Å². The Labute approximate surface area is 202 Å². The molecule has 178 valence electrons. The van der Waals surface area contributed by atoms with E-state index in [-0.39, 0.29) is 37.0 Å². The van der Waals surface area contributed by atoms with Crippen molar-refractivity contribution in [3.8, 4) is 11.3 Å².